The topological polar surface area (TPSA) is 3.24 Å². The van der Waals surface area contributed by atoms with Crippen molar-refractivity contribution >= 4 is 61.7 Å². The van der Waals surface area contributed by atoms with Crippen molar-refractivity contribution in [3.8, 4) is 22.3 Å². The maximum atomic E-state index is 2.73. The number of para-hydroxylation sites is 1. The zero-order valence-corrected chi connectivity index (χ0v) is 23.1. The summed E-state index contributed by atoms with van der Waals surface area (Å²) in [6, 6.07) is 33.2. The second-order valence-corrected chi connectivity index (χ2v) is 13.7. The van der Waals surface area contributed by atoms with Crippen LogP contribution in [0, 0.1) is 0 Å². The molecule has 6 aromatic carbocycles. The zero-order valence-electron chi connectivity index (χ0n) is 23.1. The van der Waals surface area contributed by atoms with Crippen molar-refractivity contribution in [2.75, 3.05) is 4.90 Å². The molecule has 0 saturated carbocycles. The average molecular weight is 507 g/mol. The van der Waals surface area contributed by atoms with Crippen LogP contribution in [-0.4, -0.2) is 6.71 Å². The molecule has 0 unspecified atom stereocenters. The summed E-state index contributed by atoms with van der Waals surface area (Å²) in [5.74, 6) is 0. The van der Waals surface area contributed by atoms with Crippen molar-refractivity contribution < 1.29 is 0 Å². The number of fused-ring (bicyclic) bond motifs is 2. The van der Waals surface area contributed by atoms with Gasteiger partial charge in [-0.25, -0.2) is 0 Å². The van der Waals surface area contributed by atoms with E-state index in [-0.39, 0.29) is 17.5 Å². The Kier molecular flexibility index (Phi) is 3.04. The van der Waals surface area contributed by atoms with E-state index in [9.17, 15) is 0 Å². The summed E-state index contributed by atoms with van der Waals surface area (Å²) in [6.07, 6.45) is 0. The van der Waals surface area contributed by atoms with Crippen LogP contribution in [0.25, 0.3) is 43.8 Å². The highest BCUT2D eigenvalue weighted by molar-refractivity contribution is 7.00. The van der Waals surface area contributed by atoms with Gasteiger partial charge in [-0.1, -0.05) is 118 Å². The van der Waals surface area contributed by atoms with Crippen molar-refractivity contribution in [3.05, 3.63) is 107 Å². The van der Waals surface area contributed by atoms with Gasteiger partial charge in [-0.2, -0.15) is 0 Å². The molecule has 5 aliphatic rings. The highest BCUT2D eigenvalue weighted by Crippen LogP contribution is 2.61. The molecule has 0 fully saturated rings. The lowest BCUT2D eigenvalue weighted by Gasteiger charge is -2.54. The van der Waals surface area contributed by atoms with Crippen LogP contribution < -0.4 is 21.3 Å². The van der Waals surface area contributed by atoms with Gasteiger partial charge in [0.15, 0.2) is 0 Å². The van der Waals surface area contributed by atoms with Crippen LogP contribution >= 0.6 is 0 Å². The summed E-state index contributed by atoms with van der Waals surface area (Å²) in [5.41, 5.74) is 20.3. The molecule has 0 bridgehead atoms. The van der Waals surface area contributed by atoms with E-state index >= 15 is 0 Å². The first-order valence-electron chi connectivity index (χ1n) is 14.7. The molecule has 5 heterocycles. The summed E-state index contributed by atoms with van der Waals surface area (Å²) in [5, 5.41) is 5.58. The first kappa shape index (κ1) is 20.6. The van der Waals surface area contributed by atoms with Crippen LogP contribution in [0.5, 0.6) is 0 Å². The molecule has 6 aromatic rings. The highest BCUT2D eigenvalue weighted by Gasteiger charge is 2.55. The molecule has 0 amide bonds. The lowest BCUT2D eigenvalue weighted by atomic mass is 9.25. The molecule has 5 aliphatic heterocycles. The highest BCUT2D eigenvalue weighted by atomic mass is 15.2. The van der Waals surface area contributed by atoms with Gasteiger partial charge in [0.2, 0.25) is 6.71 Å². The van der Waals surface area contributed by atoms with Gasteiger partial charge < -0.3 is 4.90 Å². The zero-order chi connectivity index (χ0) is 26.4. The van der Waals surface area contributed by atoms with Crippen LogP contribution in [0.1, 0.15) is 49.9 Å². The second kappa shape index (κ2) is 5.91. The second-order valence-electron chi connectivity index (χ2n) is 13.7. The predicted molar refractivity (Wildman–Crippen MR) is 169 cm³/mol. The van der Waals surface area contributed by atoms with Gasteiger partial charge in [0.1, 0.15) is 0 Å². The number of nitrogens with zero attached hydrogens (tertiary/aromatic N) is 1. The number of rotatable bonds is 0. The Hall–Kier alpha value is -4.30. The van der Waals surface area contributed by atoms with Crippen molar-refractivity contribution in [1.82, 2.24) is 0 Å². The van der Waals surface area contributed by atoms with Crippen molar-refractivity contribution in [1.29, 1.82) is 0 Å². The summed E-state index contributed by atoms with van der Waals surface area (Å²) in [7, 11) is 0. The van der Waals surface area contributed by atoms with Gasteiger partial charge in [0.05, 0.1) is 17.1 Å². The Balaban J connectivity index is 1.50. The first-order chi connectivity index (χ1) is 19.4. The molecule has 0 aliphatic carbocycles. The van der Waals surface area contributed by atoms with Crippen molar-refractivity contribution in [3.63, 3.8) is 0 Å². The molecule has 40 heavy (non-hydrogen) atoms. The molecule has 0 atom stereocenters. The summed E-state index contributed by atoms with van der Waals surface area (Å²) in [6.45, 7) is 10.1. The fraction of sp³-hybridized carbons (Fsp3) is 0.158. The van der Waals surface area contributed by atoms with E-state index in [0.717, 1.165) is 0 Å². The molecule has 0 spiro atoms. The molecule has 0 saturated heterocycles. The quantitative estimate of drug-likeness (QED) is 0.192. The normalized spacial score (nSPS) is 17.8. The molecule has 2 heteroatoms. The number of benzene rings is 6. The van der Waals surface area contributed by atoms with Gasteiger partial charge in [-0.15, -0.1) is 0 Å². The van der Waals surface area contributed by atoms with Crippen LogP contribution in [0.4, 0.5) is 17.1 Å². The van der Waals surface area contributed by atoms with Gasteiger partial charge in [-0.3, -0.25) is 0 Å². The third-order valence-corrected chi connectivity index (χ3v) is 11.3. The standard InChI is InChI=1S/C38H26BN/c1-37(2)25-15-8-16-26-31(25)39-32-27(37)17-19-9-5-11-21-23-13-7-14-24-22-12-6-10-20-18-28(38(26,3)4)33(39)36(30(20)22)40(34(23)24)35(32)29(19)21/h5-18H,1-4H3. The maximum absolute atomic E-state index is 2.73. The van der Waals surface area contributed by atoms with Crippen LogP contribution in [0.2, 0.25) is 0 Å². The smallest absolute Gasteiger partial charge is 0.248 e. The summed E-state index contributed by atoms with van der Waals surface area (Å²) in [4.78, 5) is 2.73. The summed E-state index contributed by atoms with van der Waals surface area (Å²) >= 11 is 0. The minimum absolute atomic E-state index is 0.0828. The minimum Gasteiger partial charge on any atom is -0.309 e. The number of hydrogen-bond acceptors (Lipinski definition) is 1. The third-order valence-electron chi connectivity index (χ3n) is 11.3. The van der Waals surface area contributed by atoms with Crippen molar-refractivity contribution in [2.45, 2.75) is 38.5 Å². The van der Waals surface area contributed by atoms with Gasteiger partial charge in [0, 0.05) is 32.7 Å². The molecule has 0 N–H and O–H groups in total. The van der Waals surface area contributed by atoms with Gasteiger partial charge >= 0.3 is 0 Å². The Morgan fingerprint density at radius 1 is 0.475 bits per heavy atom. The van der Waals surface area contributed by atoms with Gasteiger partial charge in [-0.05, 0) is 55.1 Å². The van der Waals surface area contributed by atoms with Crippen LogP contribution in [0.15, 0.2) is 84.9 Å². The lowest BCUT2D eigenvalue weighted by molar-refractivity contribution is 0.622. The monoisotopic (exact) mass is 507 g/mol. The van der Waals surface area contributed by atoms with Crippen LogP contribution in [0.3, 0.4) is 0 Å². The molecule has 0 aromatic heterocycles. The minimum atomic E-state index is -0.0828. The first-order valence-corrected chi connectivity index (χ1v) is 14.7. The SMILES string of the molecule is CC1(C)c2cccc3c2B2c4c1cc1cccc5c1c4N1c4c-5cccc4-c4cccc5cc(c2c1c45)C3(C)C. The molecular formula is C38H26BN. The fourth-order valence-electron chi connectivity index (χ4n) is 9.68. The average Bonchev–Trinajstić information content (AvgIpc) is 2.96. The molecule has 0 radical (unpaired) electrons. The maximum Gasteiger partial charge on any atom is 0.248 e. The largest absolute Gasteiger partial charge is 0.309 e. The predicted octanol–water partition coefficient (Wildman–Crippen LogP) is 7.53. The Morgan fingerprint density at radius 2 is 0.925 bits per heavy atom. The lowest BCUT2D eigenvalue weighted by Crippen LogP contribution is -2.69. The third kappa shape index (κ3) is 1.85. The Labute approximate surface area is 234 Å². The van der Waals surface area contributed by atoms with E-state index in [2.05, 4.69) is 118 Å². The van der Waals surface area contributed by atoms with E-state index in [1.807, 2.05) is 0 Å². The van der Waals surface area contributed by atoms with E-state index < -0.39 is 0 Å². The number of anilines is 3. The summed E-state index contributed by atoms with van der Waals surface area (Å²) < 4.78 is 0. The molecule has 11 rings (SSSR count). The van der Waals surface area contributed by atoms with Crippen LogP contribution in [-0.2, 0) is 10.8 Å². The van der Waals surface area contributed by atoms with E-state index in [0.29, 0.717) is 0 Å². The molecule has 186 valence electrons. The fourth-order valence-corrected chi connectivity index (χ4v) is 9.68. The van der Waals surface area contributed by atoms with E-state index in [1.54, 1.807) is 16.4 Å². The van der Waals surface area contributed by atoms with E-state index in [1.165, 1.54) is 83.1 Å². The number of hydrogen-bond donors (Lipinski definition) is 0. The van der Waals surface area contributed by atoms with Crippen molar-refractivity contribution in [2.24, 2.45) is 0 Å². The Bertz CT molecular complexity index is 2130. The van der Waals surface area contributed by atoms with E-state index in [4.69, 9.17) is 0 Å². The Morgan fingerprint density at radius 3 is 1.45 bits per heavy atom. The van der Waals surface area contributed by atoms with Gasteiger partial charge in [0.25, 0.3) is 0 Å². The molecule has 1 nitrogen and oxygen atoms in total. The molecular weight excluding hydrogens is 481 g/mol.